The van der Waals surface area contributed by atoms with Crippen LogP contribution in [0, 0.1) is 0 Å². The van der Waals surface area contributed by atoms with E-state index in [1.807, 2.05) is 0 Å². The van der Waals surface area contributed by atoms with Crippen LogP contribution >= 0.6 is 0 Å². The number of hydrogen-bond acceptors (Lipinski definition) is 4. The molecule has 0 fully saturated rings. The van der Waals surface area contributed by atoms with Crippen molar-refractivity contribution in [1.82, 2.24) is 5.32 Å². The summed E-state index contributed by atoms with van der Waals surface area (Å²) in [6.45, 7) is 0.462. The number of hydrogen-bond donors (Lipinski definition) is 3. The Bertz CT molecular complexity index is 588. The van der Waals surface area contributed by atoms with E-state index >= 15 is 0 Å². The summed E-state index contributed by atoms with van der Waals surface area (Å²) in [5.41, 5.74) is 0.604. The lowest BCUT2D eigenvalue weighted by Crippen LogP contribution is -2.41. The molecule has 0 saturated carbocycles. The highest BCUT2D eigenvalue weighted by Gasteiger charge is 2.29. The number of nitrogens with one attached hydrogen (secondary N) is 2. The third-order valence-electron chi connectivity index (χ3n) is 3.47. The molecule has 0 aliphatic carbocycles. The van der Waals surface area contributed by atoms with E-state index in [1.165, 1.54) is 0 Å². The van der Waals surface area contributed by atoms with Gasteiger partial charge >= 0.3 is 5.97 Å². The Balaban J connectivity index is 1.69. The first-order chi connectivity index (χ1) is 11.1. The van der Waals surface area contributed by atoms with Crippen LogP contribution in [0.1, 0.15) is 32.1 Å². The van der Waals surface area contributed by atoms with E-state index in [4.69, 9.17) is 9.84 Å². The molecule has 0 saturated heterocycles. The lowest BCUT2D eigenvalue weighted by Gasteiger charge is -2.25. The van der Waals surface area contributed by atoms with Crippen LogP contribution < -0.4 is 15.4 Å². The van der Waals surface area contributed by atoms with Crippen molar-refractivity contribution in [2.24, 2.45) is 0 Å². The smallest absolute Gasteiger partial charge is 0.303 e. The van der Waals surface area contributed by atoms with Crippen LogP contribution in [0.3, 0.4) is 0 Å². The SMILES string of the molecule is O=C(O)CCCCCNC(=O)CC1Oc2ccccc2NC1=O. The molecule has 1 atom stereocenters. The van der Waals surface area contributed by atoms with Gasteiger partial charge in [0, 0.05) is 13.0 Å². The number of para-hydroxylation sites is 2. The first kappa shape index (κ1) is 16.8. The van der Waals surface area contributed by atoms with Crippen molar-refractivity contribution in [3.63, 3.8) is 0 Å². The average Bonchev–Trinajstić information content (AvgIpc) is 2.51. The van der Waals surface area contributed by atoms with Crippen LogP contribution in [0.25, 0.3) is 0 Å². The zero-order valence-electron chi connectivity index (χ0n) is 12.7. The van der Waals surface area contributed by atoms with Gasteiger partial charge in [0.1, 0.15) is 5.75 Å². The predicted molar refractivity (Wildman–Crippen MR) is 83.2 cm³/mol. The van der Waals surface area contributed by atoms with Crippen LogP contribution in [0.5, 0.6) is 5.75 Å². The van der Waals surface area contributed by atoms with E-state index in [2.05, 4.69) is 10.6 Å². The molecule has 1 heterocycles. The van der Waals surface area contributed by atoms with E-state index < -0.39 is 12.1 Å². The number of amides is 2. The first-order valence-electron chi connectivity index (χ1n) is 7.61. The Hall–Kier alpha value is -2.57. The third-order valence-corrected chi connectivity index (χ3v) is 3.47. The van der Waals surface area contributed by atoms with Gasteiger partial charge < -0.3 is 20.5 Å². The Morgan fingerprint density at radius 3 is 2.78 bits per heavy atom. The minimum absolute atomic E-state index is 0.0463. The standard InChI is InChI=1S/C16H20N2O5/c19-14(17-9-5-1-2-8-15(20)21)10-13-16(22)18-11-6-3-4-7-12(11)23-13/h3-4,6-7,13H,1-2,5,8-10H2,(H,17,19)(H,18,22)(H,20,21). The number of fused-ring (bicyclic) bond motifs is 1. The lowest BCUT2D eigenvalue weighted by atomic mass is 10.1. The molecule has 0 radical (unpaired) electrons. The van der Waals surface area contributed by atoms with Gasteiger partial charge in [-0.05, 0) is 25.0 Å². The van der Waals surface area contributed by atoms with Crippen molar-refractivity contribution in [2.75, 3.05) is 11.9 Å². The second-order valence-electron chi connectivity index (χ2n) is 5.35. The average molecular weight is 320 g/mol. The quantitative estimate of drug-likeness (QED) is 0.630. The van der Waals surface area contributed by atoms with Crippen molar-refractivity contribution in [3.05, 3.63) is 24.3 Å². The molecule has 2 amide bonds. The van der Waals surface area contributed by atoms with E-state index in [0.29, 0.717) is 30.8 Å². The molecular weight excluding hydrogens is 300 g/mol. The van der Waals surface area contributed by atoms with Crippen molar-refractivity contribution in [3.8, 4) is 5.75 Å². The van der Waals surface area contributed by atoms with Gasteiger partial charge in [0.25, 0.3) is 5.91 Å². The topological polar surface area (TPSA) is 105 Å². The summed E-state index contributed by atoms with van der Waals surface area (Å²) in [6, 6.07) is 7.06. The van der Waals surface area contributed by atoms with E-state index in [1.54, 1.807) is 24.3 Å². The van der Waals surface area contributed by atoms with Crippen LogP contribution in [0.2, 0.25) is 0 Å². The fourth-order valence-corrected chi connectivity index (χ4v) is 2.27. The summed E-state index contributed by atoms with van der Waals surface area (Å²) in [5, 5.41) is 13.9. The molecule has 124 valence electrons. The van der Waals surface area contributed by atoms with Gasteiger partial charge in [-0.2, -0.15) is 0 Å². The second-order valence-corrected chi connectivity index (χ2v) is 5.35. The van der Waals surface area contributed by atoms with Gasteiger partial charge in [0.05, 0.1) is 12.1 Å². The molecule has 0 aromatic heterocycles. The van der Waals surface area contributed by atoms with Gasteiger partial charge in [-0.25, -0.2) is 0 Å². The molecular formula is C16H20N2O5. The van der Waals surface area contributed by atoms with Crippen molar-refractivity contribution < 1.29 is 24.2 Å². The van der Waals surface area contributed by atoms with Gasteiger partial charge in [-0.3, -0.25) is 14.4 Å². The Morgan fingerprint density at radius 1 is 1.22 bits per heavy atom. The van der Waals surface area contributed by atoms with Crippen LogP contribution in [0.4, 0.5) is 5.69 Å². The molecule has 23 heavy (non-hydrogen) atoms. The number of benzene rings is 1. The molecule has 1 aromatic rings. The zero-order chi connectivity index (χ0) is 16.7. The highest BCUT2D eigenvalue weighted by atomic mass is 16.5. The van der Waals surface area contributed by atoms with Gasteiger partial charge in [-0.15, -0.1) is 0 Å². The number of aliphatic carboxylic acids is 1. The maximum atomic E-state index is 11.9. The molecule has 3 N–H and O–H groups in total. The van der Waals surface area contributed by atoms with Crippen molar-refractivity contribution in [1.29, 1.82) is 0 Å². The maximum absolute atomic E-state index is 11.9. The number of unbranched alkanes of at least 4 members (excludes halogenated alkanes) is 2. The number of carboxylic acids is 1. The molecule has 1 aromatic carbocycles. The van der Waals surface area contributed by atoms with E-state index in [0.717, 1.165) is 6.42 Å². The number of anilines is 1. The largest absolute Gasteiger partial charge is 0.481 e. The molecule has 7 nitrogen and oxygen atoms in total. The van der Waals surface area contributed by atoms with Gasteiger partial charge in [-0.1, -0.05) is 18.6 Å². The first-order valence-corrected chi connectivity index (χ1v) is 7.61. The molecule has 1 aliphatic heterocycles. The Labute approximate surface area is 134 Å². The Kier molecular flexibility index (Phi) is 5.96. The fraction of sp³-hybridized carbons (Fsp3) is 0.438. The molecule has 7 heteroatoms. The number of ether oxygens (including phenoxy) is 1. The molecule has 0 spiro atoms. The number of carbonyl (C=O) groups is 3. The maximum Gasteiger partial charge on any atom is 0.303 e. The van der Waals surface area contributed by atoms with Crippen LogP contribution in [0.15, 0.2) is 24.3 Å². The summed E-state index contributed by atoms with van der Waals surface area (Å²) < 4.78 is 5.55. The minimum Gasteiger partial charge on any atom is -0.481 e. The third kappa shape index (κ3) is 5.28. The highest BCUT2D eigenvalue weighted by molar-refractivity contribution is 5.99. The predicted octanol–water partition coefficient (Wildman–Crippen LogP) is 1.54. The van der Waals surface area contributed by atoms with Crippen LogP contribution in [-0.2, 0) is 14.4 Å². The zero-order valence-corrected chi connectivity index (χ0v) is 12.7. The van der Waals surface area contributed by atoms with Gasteiger partial charge in [0.2, 0.25) is 5.91 Å². The summed E-state index contributed by atoms with van der Waals surface area (Å²) in [4.78, 5) is 34.1. The number of rotatable bonds is 8. The monoisotopic (exact) mass is 320 g/mol. The summed E-state index contributed by atoms with van der Waals surface area (Å²) in [7, 11) is 0. The molecule has 1 unspecified atom stereocenters. The normalized spacial score (nSPS) is 16.0. The molecule has 2 rings (SSSR count). The minimum atomic E-state index is -0.836. The van der Waals surface area contributed by atoms with Crippen LogP contribution in [-0.4, -0.2) is 35.5 Å². The number of carbonyl (C=O) groups excluding carboxylic acids is 2. The summed E-state index contributed by atoms with van der Waals surface area (Å²) in [5.74, 6) is -0.851. The van der Waals surface area contributed by atoms with Crippen molar-refractivity contribution >= 4 is 23.5 Å². The highest BCUT2D eigenvalue weighted by Crippen LogP contribution is 2.29. The fourth-order valence-electron chi connectivity index (χ4n) is 2.27. The van der Waals surface area contributed by atoms with E-state index in [-0.39, 0.29) is 24.7 Å². The van der Waals surface area contributed by atoms with E-state index in [9.17, 15) is 14.4 Å². The summed E-state index contributed by atoms with van der Waals surface area (Å²) >= 11 is 0. The molecule has 0 bridgehead atoms. The van der Waals surface area contributed by atoms with Gasteiger partial charge in [0.15, 0.2) is 6.10 Å². The summed E-state index contributed by atoms with van der Waals surface area (Å²) in [6.07, 6.45) is 1.30. The number of carboxylic acid groups (broad SMARTS) is 1. The Morgan fingerprint density at radius 2 is 2.00 bits per heavy atom. The van der Waals surface area contributed by atoms with Crippen molar-refractivity contribution in [2.45, 2.75) is 38.2 Å². The molecule has 1 aliphatic rings. The second kappa shape index (κ2) is 8.17. The lowest BCUT2D eigenvalue weighted by molar-refractivity contribution is -0.137.